The summed E-state index contributed by atoms with van der Waals surface area (Å²) in [6.07, 6.45) is 4.96. The van der Waals surface area contributed by atoms with Crippen molar-refractivity contribution in [2.45, 2.75) is 19.6 Å². The number of rotatable bonds is 10. The molecule has 3 heterocycles. The van der Waals surface area contributed by atoms with Crippen LogP contribution >= 0.6 is 0 Å². The maximum atomic E-state index is 13.6. The quantitative estimate of drug-likeness (QED) is 0.254. The lowest BCUT2D eigenvalue weighted by molar-refractivity contribution is -0.121. The summed E-state index contributed by atoms with van der Waals surface area (Å²) in [6, 6.07) is 18.6. The summed E-state index contributed by atoms with van der Waals surface area (Å²) in [5, 5.41) is 7.00. The summed E-state index contributed by atoms with van der Waals surface area (Å²) in [5.74, 6) is 1.38. The molecule has 0 fully saturated rings. The van der Waals surface area contributed by atoms with Crippen molar-refractivity contribution in [1.29, 1.82) is 0 Å². The number of methoxy groups -OCH3 is 2. The molecule has 3 N–H and O–H groups in total. The van der Waals surface area contributed by atoms with Crippen molar-refractivity contribution in [1.82, 2.24) is 24.8 Å². The van der Waals surface area contributed by atoms with Gasteiger partial charge in [0.15, 0.2) is 0 Å². The Hall–Kier alpha value is -5.12. The zero-order valence-electron chi connectivity index (χ0n) is 21.6. The van der Waals surface area contributed by atoms with Gasteiger partial charge in [0.05, 0.1) is 27.0 Å². The number of hydrogen-bond acceptors (Lipinski definition) is 7. The number of hydrogen-bond donors (Lipinski definition) is 3. The number of fused-ring (bicyclic) bond motifs is 1. The van der Waals surface area contributed by atoms with Crippen molar-refractivity contribution in [3.05, 3.63) is 101 Å². The number of ether oxygens (including phenoxy) is 2. The second kappa shape index (κ2) is 11.5. The van der Waals surface area contributed by atoms with Crippen LogP contribution < -0.4 is 25.7 Å². The van der Waals surface area contributed by atoms with Crippen LogP contribution in [0.1, 0.15) is 11.3 Å². The van der Waals surface area contributed by atoms with Crippen molar-refractivity contribution >= 4 is 22.5 Å². The molecule has 5 rings (SSSR count). The molecule has 0 aliphatic rings. The minimum absolute atomic E-state index is 0.195. The van der Waals surface area contributed by atoms with E-state index in [0.717, 1.165) is 27.7 Å². The lowest BCUT2D eigenvalue weighted by Crippen LogP contribution is -2.34. The number of amides is 1. The number of carbonyl (C=O) groups excluding carboxylic acids is 1. The molecule has 0 unspecified atom stereocenters. The van der Waals surface area contributed by atoms with Crippen LogP contribution in [0.2, 0.25) is 0 Å². The highest BCUT2D eigenvalue weighted by atomic mass is 16.5. The third-order valence-corrected chi connectivity index (χ3v) is 6.30. The summed E-state index contributed by atoms with van der Waals surface area (Å²) >= 11 is 0. The van der Waals surface area contributed by atoms with E-state index < -0.39 is 0 Å². The van der Waals surface area contributed by atoms with Gasteiger partial charge in [-0.15, -0.1) is 0 Å². The van der Waals surface area contributed by atoms with Crippen molar-refractivity contribution in [3.8, 4) is 22.9 Å². The van der Waals surface area contributed by atoms with E-state index in [1.807, 2.05) is 54.6 Å². The van der Waals surface area contributed by atoms with E-state index in [0.29, 0.717) is 23.9 Å². The fourth-order valence-electron chi connectivity index (χ4n) is 4.29. The average Bonchev–Trinajstić information content (AvgIpc) is 3.40. The number of carbonyl (C=O) groups is 1. The van der Waals surface area contributed by atoms with Crippen LogP contribution in [0.15, 0.2) is 84.0 Å². The maximum absolute atomic E-state index is 13.6. The van der Waals surface area contributed by atoms with E-state index >= 15 is 0 Å². The number of anilines is 1. The van der Waals surface area contributed by atoms with E-state index in [-0.39, 0.29) is 30.2 Å². The van der Waals surface area contributed by atoms with Gasteiger partial charge in [0.25, 0.3) is 5.56 Å². The molecule has 0 spiro atoms. The number of aromatic amines is 1. The van der Waals surface area contributed by atoms with Crippen LogP contribution in [0.4, 0.5) is 5.69 Å². The molecule has 10 heteroatoms. The molecule has 3 aromatic heterocycles. The van der Waals surface area contributed by atoms with Crippen molar-refractivity contribution in [2.75, 3.05) is 19.5 Å². The van der Waals surface area contributed by atoms with E-state index in [9.17, 15) is 9.59 Å². The molecule has 10 nitrogen and oxygen atoms in total. The normalized spacial score (nSPS) is 10.8. The topological polar surface area (TPSA) is 123 Å². The monoisotopic (exact) mass is 524 g/mol. The molecule has 39 heavy (non-hydrogen) atoms. The molecule has 1 amide bonds. The fourth-order valence-corrected chi connectivity index (χ4v) is 4.29. The first-order valence-corrected chi connectivity index (χ1v) is 12.3. The Kier molecular flexibility index (Phi) is 7.53. The van der Waals surface area contributed by atoms with E-state index in [2.05, 4.69) is 25.6 Å². The van der Waals surface area contributed by atoms with Gasteiger partial charge in [0, 0.05) is 52.7 Å². The molecule has 0 aliphatic heterocycles. The summed E-state index contributed by atoms with van der Waals surface area (Å²) in [7, 11) is 3.16. The summed E-state index contributed by atoms with van der Waals surface area (Å²) < 4.78 is 12.1. The van der Waals surface area contributed by atoms with Crippen molar-refractivity contribution in [3.63, 3.8) is 0 Å². The van der Waals surface area contributed by atoms with Crippen LogP contribution in [-0.4, -0.2) is 39.6 Å². The molecular formula is C29H28N6O4. The minimum Gasteiger partial charge on any atom is -0.497 e. The van der Waals surface area contributed by atoms with Gasteiger partial charge < -0.3 is 25.1 Å². The number of H-pyrrole nitrogens is 1. The van der Waals surface area contributed by atoms with Gasteiger partial charge in [0.1, 0.15) is 29.6 Å². The maximum Gasteiger partial charge on any atom is 0.277 e. The van der Waals surface area contributed by atoms with Gasteiger partial charge >= 0.3 is 0 Å². The van der Waals surface area contributed by atoms with Gasteiger partial charge in [-0.1, -0.05) is 30.3 Å². The highest BCUT2D eigenvalue weighted by Gasteiger charge is 2.16. The highest BCUT2D eigenvalue weighted by molar-refractivity contribution is 5.80. The predicted octanol–water partition coefficient (Wildman–Crippen LogP) is 3.73. The van der Waals surface area contributed by atoms with Gasteiger partial charge in [0.2, 0.25) is 5.91 Å². The Morgan fingerprint density at radius 3 is 2.62 bits per heavy atom. The van der Waals surface area contributed by atoms with Gasteiger partial charge in [-0.2, -0.15) is 0 Å². The Morgan fingerprint density at radius 2 is 1.85 bits per heavy atom. The van der Waals surface area contributed by atoms with Crippen LogP contribution in [0, 0.1) is 0 Å². The Labute approximate surface area is 224 Å². The summed E-state index contributed by atoms with van der Waals surface area (Å²) in [6.45, 7) is 0.404. The first-order valence-electron chi connectivity index (χ1n) is 12.3. The lowest BCUT2D eigenvalue weighted by Gasteiger charge is -2.15. The highest BCUT2D eigenvalue weighted by Crippen LogP contribution is 2.25. The first kappa shape index (κ1) is 25.5. The average molecular weight is 525 g/mol. The zero-order valence-corrected chi connectivity index (χ0v) is 21.6. The Morgan fingerprint density at radius 1 is 1.00 bits per heavy atom. The van der Waals surface area contributed by atoms with Crippen molar-refractivity contribution < 1.29 is 14.3 Å². The minimum atomic E-state index is -0.358. The van der Waals surface area contributed by atoms with Gasteiger partial charge in [-0.3, -0.25) is 19.1 Å². The molecule has 198 valence electrons. The van der Waals surface area contributed by atoms with Crippen LogP contribution in [0.3, 0.4) is 0 Å². The molecule has 0 bridgehead atoms. The van der Waals surface area contributed by atoms with Crippen molar-refractivity contribution in [2.24, 2.45) is 0 Å². The van der Waals surface area contributed by atoms with Gasteiger partial charge in [-0.25, -0.2) is 4.98 Å². The molecule has 0 saturated heterocycles. The molecule has 5 aromatic rings. The summed E-state index contributed by atoms with van der Waals surface area (Å²) in [4.78, 5) is 38.5. The smallest absolute Gasteiger partial charge is 0.277 e. The Balaban J connectivity index is 1.37. The standard InChI is InChI=1S/C29H28N6O4/c1-38-23-9-8-20(26(13-23)39-2)15-31-25-17-33-28(19-6-4-3-5-7-19)35(29(25)37)18-27(36)32-16-22-12-21-14-30-11-10-24(21)34-22/h3-14,17,31,34H,15-16,18H2,1-2H3,(H,32,36). The Bertz CT molecular complexity index is 1630. The lowest BCUT2D eigenvalue weighted by atomic mass is 10.2. The number of pyridine rings is 1. The summed E-state index contributed by atoms with van der Waals surface area (Å²) in [5.41, 5.74) is 3.25. The van der Waals surface area contributed by atoms with Crippen LogP contribution in [-0.2, 0) is 24.4 Å². The van der Waals surface area contributed by atoms with E-state index in [1.54, 1.807) is 32.7 Å². The fraction of sp³-hybridized carbons (Fsp3) is 0.172. The number of benzene rings is 2. The largest absolute Gasteiger partial charge is 0.497 e. The molecule has 0 atom stereocenters. The second-order valence-corrected chi connectivity index (χ2v) is 8.82. The number of aromatic nitrogens is 4. The first-order chi connectivity index (χ1) is 19.1. The predicted molar refractivity (Wildman–Crippen MR) is 149 cm³/mol. The zero-order chi connectivity index (χ0) is 27.2. The molecule has 0 saturated carbocycles. The second-order valence-electron chi connectivity index (χ2n) is 8.82. The SMILES string of the molecule is COc1ccc(CNc2cnc(-c3ccccc3)n(CC(=O)NCc3cc4cnccc4[nH]3)c2=O)c(OC)c1. The third kappa shape index (κ3) is 5.74. The molecule has 2 aromatic carbocycles. The van der Waals surface area contributed by atoms with Crippen LogP contribution in [0.5, 0.6) is 11.5 Å². The number of nitrogens with one attached hydrogen (secondary N) is 3. The number of nitrogens with zero attached hydrogens (tertiary/aromatic N) is 3. The molecule has 0 aliphatic carbocycles. The van der Waals surface area contributed by atoms with E-state index in [4.69, 9.17) is 9.47 Å². The molecule has 0 radical (unpaired) electrons. The van der Waals surface area contributed by atoms with Gasteiger partial charge in [-0.05, 0) is 24.3 Å². The van der Waals surface area contributed by atoms with E-state index in [1.165, 1.54) is 10.8 Å². The molecular weight excluding hydrogens is 496 g/mol. The van der Waals surface area contributed by atoms with Crippen LogP contribution in [0.25, 0.3) is 22.3 Å². The third-order valence-electron chi connectivity index (χ3n) is 6.30.